The van der Waals surface area contributed by atoms with Gasteiger partial charge in [-0.05, 0) is 127 Å². The van der Waals surface area contributed by atoms with Crippen molar-refractivity contribution >= 4 is 55.7 Å². The molecular formula is C54H61N6O16-. The molecule has 6 unspecified atom stereocenters. The lowest BCUT2D eigenvalue weighted by molar-refractivity contribution is -0.385. The van der Waals surface area contributed by atoms with E-state index in [1.165, 1.54) is 24.3 Å². The third kappa shape index (κ3) is 9.65. The number of aryl methyl sites for hydroxylation is 3. The lowest BCUT2D eigenvalue weighted by Crippen LogP contribution is -2.65. The predicted octanol–water partition coefficient (Wildman–Crippen LogP) is 5.43. The molecule has 7 heterocycles. The molecule has 9 rings (SSSR count). The van der Waals surface area contributed by atoms with E-state index in [0.29, 0.717) is 87.2 Å². The van der Waals surface area contributed by atoms with Crippen molar-refractivity contribution in [3.05, 3.63) is 121 Å². The number of fused-ring (bicyclic) bond motifs is 8. The normalized spacial score (nSPS) is 24.8. The molecule has 0 aliphatic carbocycles. The van der Waals surface area contributed by atoms with Gasteiger partial charge in [0.05, 0.1) is 46.6 Å². The maximum absolute atomic E-state index is 13.1. The number of nitro groups is 1. The molecule has 404 valence electrons. The van der Waals surface area contributed by atoms with E-state index in [1.54, 1.807) is 12.1 Å². The van der Waals surface area contributed by atoms with Crippen molar-refractivity contribution in [2.24, 2.45) is 0 Å². The van der Waals surface area contributed by atoms with Crippen LogP contribution in [0.1, 0.15) is 92.5 Å². The number of nitro benzene ring substituents is 1. The second kappa shape index (κ2) is 21.8. The van der Waals surface area contributed by atoms with Crippen molar-refractivity contribution in [2.45, 2.75) is 129 Å². The van der Waals surface area contributed by atoms with E-state index in [4.69, 9.17) is 28.9 Å². The highest BCUT2D eigenvalue weighted by atomic mass is 16.8. The Kier molecular flexibility index (Phi) is 15.5. The highest BCUT2D eigenvalue weighted by Gasteiger charge is 2.51. The average Bonchev–Trinajstić information content (AvgIpc) is 4.14. The molecule has 4 aliphatic rings. The molecule has 5 aromatic rings. The number of aromatic amines is 2. The van der Waals surface area contributed by atoms with Crippen LogP contribution in [0.2, 0.25) is 0 Å². The molecule has 2 saturated heterocycles. The summed E-state index contributed by atoms with van der Waals surface area (Å²) in [6.07, 6.45) is -14.6. The highest BCUT2D eigenvalue weighted by Crippen LogP contribution is 2.43. The average molecular weight is 1050 g/mol. The molecule has 0 saturated carbocycles. The monoisotopic (exact) mass is 1050 g/mol. The number of aliphatic hydroxyl groups is 7. The number of H-pyrrole nitrogens is 2. The lowest BCUT2D eigenvalue weighted by Gasteiger charge is -2.46. The van der Waals surface area contributed by atoms with Gasteiger partial charge in [0.25, 0.3) is 0 Å². The van der Waals surface area contributed by atoms with E-state index in [-0.39, 0.29) is 5.75 Å². The molecule has 0 radical (unpaired) electrons. The Morgan fingerprint density at radius 1 is 0.671 bits per heavy atom. The van der Waals surface area contributed by atoms with E-state index in [2.05, 4.69) is 43.7 Å². The van der Waals surface area contributed by atoms with Crippen LogP contribution in [0.15, 0.2) is 60.7 Å². The Labute approximate surface area is 435 Å². The molecule has 0 amide bonds. The molecule has 10 atom stereocenters. The van der Waals surface area contributed by atoms with Gasteiger partial charge in [0, 0.05) is 39.3 Å². The third-order valence-corrected chi connectivity index (χ3v) is 14.7. The van der Waals surface area contributed by atoms with Gasteiger partial charge >= 0.3 is 5.69 Å². The summed E-state index contributed by atoms with van der Waals surface area (Å²) in [4.78, 5) is 29.1. The van der Waals surface area contributed by atoms with Crippen LogP contribution in [0.4, 0.5) is 11.4 Å². The lowest BCUT2D eigenvalue weighted by atomic mass is 9.96. The Bertz CT molecular complexity index is 3290. The fourth-order valence-corrected chi connectivity index (χ4v) is 10.8. The van der Waals surface area contributed by atoms with Gasteiger partial charge < -0.3 is 80.2 Å². The second-order valence-electron chi connectivity index (χ2n) is 19.1. The number of aliphatic hydroxyl groups excluding tert-OH is 7. The first-order valence-corrected chi connectivity index (χ1v) is 25.1. The summed E-state index contributed by atoms with van der Waals surface area (Å²) in [6, 6.07) is 16.3. The molecule has 4 aliphatic heterocycles. The number of phenols is 1. The topological polar surface area (TPSA) is 346 Å². The molecular weight excluding hydrogens is 989 g/mol. The Morgan fingerprint density at radius 3 is 1.84 bits per heavy atom. The fraction of sp³-hybridized carbons (Fsp3) is 0.407. The van der Waals surface area contributed by atoms with Crippen molar-refractivity contribution in [1.29, 1.82) is 0 Å². The van der Waals surface area contributed by atoms with Crippen molar-refractivity contribution < 1.29 is 69.9 Å². The van der Waals surface area contributed by atoms with Crippen LogP contribution in [-0.4, -0.2) is 146 Å². The summed E-state index contributed by atoms with van der Waals surface area (Å²) in [6.45, 7) is 10.4. The van der Waals surface area contributed by atoms with Crippen molar-refractivity contribution in [3.63, 3.8) is 0 Å². The highest BCUT2D eigenvalue weighted by molar-refractivity contribution is 6.02. The van der Waals surface area contributed by atoms with Crippen molar-refractivity contribution in [2.75, 3.05) is 18.4 Å². The molecule has 8 bridgehead atoms. The van der Waals surface area contributed by atoms with E-state index < -0.39 is 102 Å². The van der Waals surface area contributed by atoms with Gasteiger partial charge in [-0.25, -0.2) is 9.97 Å². The first kappa shape index (κ1) is 54.2. The summed E-state index contributed by atoms with van der Waals surface area (Å²) in [5.74, 6) is -0.793. The van der Waals surface area contributed by atoms with Gasteiger partial charge in [-0.3, -0.25) is 15.3 Å². The second-order valence-corrected chi connectivity index (χ2v) is 19.1. The number of aromatic hydroxyl groups is 1. The van der Waals surface area contributed by atoms with Crippen molar-refractivity contribution in [3.8, 4) is 22.6 Å². The Morgan fingerprint density at radius 2 is 1.24 bits per heavy atom. The third-order valence-electron chi connectivity index (χ3n) is 14.7. The maximum atomic E-state index is 13.1. The number of aromatic nitrogens is 4. The Balaban J connectivity index is 1.19. The van der Waals surface area contributed by atoms with E-state index in [9.17, 15) is 61.4 Å². The van der Waals surface area contributed by atoms with Crippen LogP contribution in [0.5, 0.6) is 11.5 Å². The van der Waals surface area contributed by atoms with Crippen LogP contribution >= 0.6 is 0 Å². The zero-order valence-corrected chi connectivity index (χ0v) is 42.5. The quantitative estimate of drug-likeness (QED) is 0.0487. The number of hydrogen-bond donors (Lipinski definition) is 11. The summed E-state index contributed by atoms with van der Waals surface area (Å²) in [5, 5.41) is 120. The number of ether oxygens (including phenoxy) is 4. The van der Waals surface area contributed by atoms with Crippen LogP contribution in [0, 0.1) is 22.2 Å². The summed E-state index contributed by atoms with van der Waals surface area (Å²) >= 11 is 0. The summed E-state index contributed by atoms with van der Waals surface area (Å²) in [5.41, 5.74) is 12.2. The van der Waals surface area contributed by atoms with Crippen LogP contribution < -0.4 is 9.96 Å². The standard InChI is InChI=1S/C54H61N6O16/c1-7-27-29(9-3)35-19-37-45(25-11-13-41(63)39(15-25)59(69)70)23(5)31(55-37)17-32-24(6)46(38(56-32)20-36-30(10-4)28(8-2)34(58-36)18-33(27)57-35)26-12-14-42(40(16-26)60(71)72)73-53-51(68)49(66)52(44(22-62)75-53)76-54-50(67)48(65)47(64)43(21-61)74-54/h11-20,43-44,47-54,56-57,61-68,71H,7-10,21-22H2,1-6H3/q-1/t43?,44?,47?,48-,49+,50+,51+,52?,53?,54?/m0/s1. The molecule has 3 aromatic heterocycles. The smallest absolute Gasteiger partial charge is 0.311 e. The zero-order valence-electron chi connectivity index (χ0n) is 42.5. The molecule has 76 heavy (non-hydrogen) atoms. The molecule has 0 spiro atoms. The van der Waals surface area contributed by atoms with E-state index >= 15 is 0 Å². The number of allylic oxidation sites excluding steroid dienone is 3. The number of hydrogen-bond acceptors (Lipinski definition) is 19. The SMILES string of the molecule is CCC1=C(CC)c2cc3[nH]c(cc4nc(cc5[nH]c(cc1n2)c(CC)c5CC)C(c1ccc(O)c([N+](=O)[O-])c1)=C4C)c(C)c3-c1ccc(OC2OC(CO)C(OC3OC(CO)C(O)[C@H](O)[C@H]3O)[C@H](O)[C@H]2O)c(N([O-])O)c1. The minimum absolute atomic E-state index is 0.315. The zero-order chi connectivity index (χ0) is 54.6. The van der Waals surface area contributed by atoms with Gasteiger partial charge in [-0.15, -0.1) is 0 Å². The number of phenolic OH excluding ortho intramolecular Hbond substituents is 1. The minimum atomic E-state index is -1.96. The van der Waals surface area contributed by atoms with Gasteiger partial charge in [-0.1, -0.05) is 39.8 Å². The van der Waals surface area contributed by atoms with E-state index in [1.807, 2.05) is 32.0 Å². The van der Waals surface area contributed by atoms with Gasteiger partial charge in [0.2, 0.25) is 6.29 Å². The predicted molar refractivity (Wildman–Crippen MR) is 278 cm³/mol. The molecule has 2 fully saturated rings. The fourth-order valence-electron chi connectivity index (χ4n) is 10.8. The number of nitrogens with one attached hydrogen (secondary N) is 2. The summed E-state index contributed by atoms with van der Waals surface area (Å²) < 4.78 is 22.9. The Hall–Kier alpha value is -6.64. The largest absolute Gasteiger partial charge is 0.733 e. The van der Waals surface area contributed by atoms with Gasteiger partial charge in [0.1, 0.15) is 54.6 Å². The number of nitrogens with zero attached hydrogens (tertiary/aromatic N) is 4. The first-order valence-electron chi connectivity index (χ1n) is 25.1. The van der Waals surface area contributed by atoms with Crippen LogP contribution in [0.25, 0.3) is 55.5 Å². The molecule has 22 heteroatoms. The minimum Gasteiger partial charge on any atom is -0.733 e. The van der Waals surface area contributed by atoms with Crippen LogP contribution in [-0.2, 0) is 27.1 Å². The van der Waals surface area contributed by atoms with Gasteiger partial charge in [0.15, 0.2) is 12.0 Å². The first-order chi connectivity index (χ1) is 36.4. The van der Waals surface area contributed by atoms with Crippen LogP contribution in [0.3, 0.4) is 0 Å². The van der Waals surface area contributed by atoms with E-state index in [0.717, 1.165) is 39.0 Å². The number of anilines is 1. The molecule has 11 N–H and O–H groups in total. The van der Waals surface area contributed by atoms with Gasteiger partial charge in [-0.2, -0.15) is 0 Å². The number of rotatable bonds is 14. The number of benzene rings is 2. The van der Waals surface area contributed by atoms with Crippen molar-refractivity contribution in [1.82, 2.24) is 19.9 Å². The summed E-state index contributed by atoms with van der Waals surface area (Å²) in [7, 11) is 0. The molecule has 22 nitrogen and oxygen atoms in total. The molecule has 2 aromatic carbocycles. The maximum Gasteiger partial charge on any atom is 0.311 e.